The molecule has 1 fully saturated rings. The van der Waals surface area contributed by atoms with Crippen LogP contribution in [-0.4, -0.2) is 17.1 Å². The smallest absolute Gasteiger partial charge is 0.224 e. The number of anilines is 1. The zero-order chi connectivity index (χ0) is 14.8. The molecule has 2 N–H and O–H groups in total. The Hall–Kier alpha value is -2.81. The van der Waals surface area contributed by atoms with Crippen LogP contribution in [-0.2, 0) is 0 Å². The number of hydrogen-bond donors (Lipinski definition) is 1. The first-order chi connectivity index (χ1) is 10.2. The molecule has 0 amide bonds. The molecule has 1 aromatic carbocycles. The van der Waals surface area contributed by atoms with E-state index in [2.05, 4.69) is 16.0 Å². The molecule has 0 spiro atoms. The Balaban J connectivity index is 1.91. The van der Waals surface area contributed by atoms with Crippen molar-refractivity contribution in [3.8, 4) is 23.4 Å². The zero-order valence-corrected chi connectivity index (χ0v) is 11.5. The SMILES string of the molecule is COc1cc(C#N)ccc1Oc1cc(N)nc(C2CC2)n1. The molecule has 0 saturated heterocycles. The summed E-state index contributed by atoms with van der Waals surface area (Å²) in [5.41, 5.74) is 6.29. The first-order valence-corrected chi connectivity index (χ1v) is 6.60. The van der Waals surface area contributed by atoms with Gasteiger partial charge in [0.1, 0.15) is 11.6 Å². The van der Waals surface area contributed by atoms with Gasteiger partial charge in [0.05, 0.1) is 18.7 Å². The van der Waals surface area contributed by atoms with E-state index in [0.29, 0.717) is 34.7 Å². The van der Waals surface area contributed by atoms with Crippen LogP contribution >= 0.6 is 0 Å². The van der Waals surface area contributed by atoms with Gasteiger partial charge in [-0.2, -0.15) is 10.2 Å². The Bertz CT molecular complexity index is 720. The second-order valence-electron chi connectivity index (χ2n) is 4.84. The molecule has 6 nitrogen and oxygen atoms in total. The first kappa shape index (κ1) is 13.2. The van der Waals surface area contributed by atoms with E-state index in [1.165, 1.54) is 7.11 Å². The lowest BCUT2D eigenvalue weighted by Crippen LogP contribution is -2.01. The lowest BCUT2D eigenvalue weighted by atomic mass is 10.2. The fourth-order valence-corrected chi connectivity index (χ4v) is 1.97. The molecular formula is C15H14N4O2. The fraction of sp³-hybridized carbons (Fsp3) is 0.267. The molecule has 2 aromatic rings. The van der Waals surface area contributed by atoms with Crippen LogP contribution in [0.25, 0.3) is 0 Å². The summed E-state index contributed by atoms with van der Waals surface area (Å²) in [4.78, 5) is 8.59. The lowest BCUT2D eigenvalue weighted by Gasteiger charge is -2.10. The molecule has 6 heteroatoms. The van der Waals surface area contributed by atoms with E-state index < -0.39 is 0 Å². The van der Waals surface area contributed by atoms with Gasteiger partial charge in [-0.15, -0.1) is 0 Å². The largest absolute Gasteiger partial charge is 0.493 e. The number of benzene rings is 1. The molecule has 0 unspecified atom stereocenters. The molecule has 1 aliphatic rings. The van der Waals surface area contributed by atoms with Crippen molar-refractivity contribution in [2.75, 3.05) is 12.8 Å². The summed E-state index contributed by atoms with van der Waals surface area (Å²) in [7, 11) is 1.52. The Labute approximate surface area is 122 Å². The average molecular weight is 282 g/mol. The normalized spacial score (nSPS) is 13.5. The second kappa shape index (κ2) is 5.29. The van der Waals surface area contributed by atoms with Crippen LogP contribution in [0.4, 0.5) is 5.82 Å². The Kier molecular flexibility index (Phi) is 3.32. The number of nitrogen functional groups attached to an aromatic ring is 1. The van der Waals surface area contributed by atoms with Gasteiger partial charge in [0.2, 0.25) is 5.88 Å². The molecule has 0 radical (unpaired) electrons. The third kappa shape index (κ3) is 2.87. The minimum Gasteiger partial charge on any atom is -0.493 e. The second-order valence-corrected chi connectivity index (χ2v) is 4.84. The lowest BCUT2D eigenvalue weighted by molar-refractivity contribution is 0.373. The Morgan fingerprint density at radius 1 is 1.24 bits per heavy atom. The van der Waals surface area contributed by atoms with Crippen LogP contribution in [0.5, 0.6) is 17.4 Å². The minimum absolute atomic E-state index is 0.382. The van der Waals surface area contributed by atoms with Gasteiger partial charge in [-0.25, -0.2) is 4.98 Å². The van der Waals surface area contributed by atoms with Crippen LogP contribution in [0, 0.1) is 11.3 Å². The van der Waals surface area contributed by atoms with Crippen LogP contribution in [0.15, 0.2) is 24.3 Å². The molecule has 0 atom stereocenters. The van der Waals surface area contributed by atoms with Crippen LogP contribution in [0.1, 0.15) is 30.1 Å². The number of rotatable bonds is 4. The van der Waals surface area contributed by atoms with Crippen molar-refractivity contribution in [1.29, 1.82) is 5.26 Å². The first-order valence-electron chi connectivity index (χ1n) is 6.60. The number of ether oxygens (including phenoxy) is 2. The monoisotopic (exact) mass is 282 g/mol. The van der Waals surface area contributed by atoms with Crippen molar-refractivity contribution in [3.63, 3.8) is 0 Å². The zero-order valence-electron chi connectivity index (χ0n) is 11.5. The van der Waals surface area contributed by atoms with Gasteiger partial charge >= 0.3 is 0 Å². The standard InChI is InChI=1S/C15H14N4O2/c1-20-12-6-9(8-16)2-5-11(12)21-14-7-13(17)18-15(19-14)10-3-4-10/h2,5-7,10H,3-4H2,1H3,(H2,17,18,19). The quantitative estimate of drug-likeness (QED) is 0.926. The number of nitrogens with zero attached hydrogens (tertiary/aromatic N) is 3. The molecule has 0 bridgehead atoms. The summed E-state index contributed by atoms with van der Waals surface area (Å²) < 4.78 is 11.0. The van der Waals surface area contributed by atoms with Gasteiger partial charge < -0.3 is 15.2 Å². The highest BCUT2D eigenvalue weighted by Gasteiger charge is 2.27. The van der Waals surface area contributed by atoms with E-state index in [1.54, 1.807) is 24.3 Å². The van der Waals surface area contributed by atoms with E-state index in [4.69, 9.17) is 20.5 Å². The summed E-state index contributed by atoms with van der Waals surface area (Å²) in [6, 6.07) is 8.57. The molecule has 1 saturated carbocycles. The summed E-state index contributed by atoms with van der Waals surface area (Å²) in [6.45, 7) is 0. The van der Waals surface area contributed by atoms with Gasteiger partial charge in [0.15, 0.2) is 11.5 Å². The Morgan fingerprint density at radius 2 is 2.05 bits per heavy atom. The third-order valence-electron chi connectivity index (χ3n) is 3.19. The number of hydrogen-bond acceptors (Lipinski definition) is 6. The van der Waals surface area contributed by atoms with E-state index in [-0.39, 0.29) is 0 Å². The predicted molar refractivity (Wildman–Crippen MR) is 76.2 cm³/mol. The molecule has 1 aliphatic carbocycles. The Morgan fingerprint density at radius 3 is 2.71 bits per heavy atom. The number of nitriles is 1. The van der Waals surface area contributed by atoms with Crippen molar-refractivity contribution < 1.29 is 9.47 Å². The minimum atomic E-state index is 0.382. The maximum Gasteiger partial charge on any atom is 0.224 e. The van der Waals surface area contributed by atoms with Crippen molar-refractivity contribution in [3.05, 3.63) is 35.7 Å². The number of nitrogens with two attached hydrogens (primary N) is 1. The number of methoxy groups -OCH3 is 1. The van der Waals surface area contributed by atoms with E-state index in [9.17, 15) is 0 Å². The summed E-state index contributed by atoms with van der Waals surface area (Å²) >= 11 is 0. The van der Waals surface area contributed by atoms with Crippen LogP contribution in [0.2, 0.25) is 0 Å². The van der Waals surface area contributed by atoms with Crippen molar-refractivity contribution in [1.82, 2.24) is 9.97 Å². The highest BCUT2D eigenvalue weighted by molar-refractivity contribution is 5.48. The van der Waals surface area contributed by atoms with E-state index in [0.717, 1.165) is 18.7 Å². The number of aromatic nitrogens is 2. The maximum atomic E-state index is 8.90. The molecule has 106 valence electrons. The molecule has 0 aliphatic heterocycles. The van der Waals surface area contributed by atoms with E-state index >= 15 is 0 Å². The topological polar surface area (TPSA) is 94.0 Å². The molecule has 1 aromatic heterocycles. The van der Waals surface area contributed by atoms with Crippen LogP contribution < -0.4 is 15.2 Å². The average Bonchev–Trinajstić information content (AvgIpc) is 3.31. The molecular weight excluding hydrogens is 268 g/mol. The van der Waals surface area contributed by atoms with Gasteiger partial charge in [0, 0.05) is 18.1 Å². The molecule has 3 rings (SSSR count). The van der Waals surface area contributed by atoms with Gasteiger partial charge in [-0.3, -0.25) is 0 Å². The van der Waals surface area contributed by atoms with Gasteiger partial charge in [-0.1, -0.05) is 0 Å². The highest BCUT2D eigenvalue weighted by atomic mass is 16.5. The molecule has 1 heterocycles. The van der Waals surface area contributed by atoms with Gasteiger partial charge in [0.25, 0.3) is 0 Å². The molecule has 21 heavy (non-hydrogen) atoms. The van der Waals surface area contributed by atoms with E-state index in [1.807, 2.05) is 0 Å². The summed E-state index contributed by atoms with van der Waals surface area (Å²) in [5.74, 6) is 2.83. The third-order valence-corrected chi connectivity index (χ3v) is 3.19. The summed E-state index contributed by atoms with van der Waals surface area (Å²) in [5, 5.41) is 8.90. The highest BCUT2D eigenvalue weighted by Crippen LogP contribution is 2.39. The van der Waals surface area contributed by atoms with Gasteiger partial charge in [-0.05, 0) is 25.0 Å². The summed E-state index contributed by atoms with van der Waals surface area (Å²) in [6.07, 6.45) is 2.17. The van der Waals surface area contributed by atoms with Crippen LogP contribution in [0.3, 0.4) is 0 Å². The van der Waals surface area contributed by atoms with Crippen molar-refractivity contribution >= 4 is 5.82 Å². The fourth-order valence-electron chi connectivity index (χ4n) is 1.97. The maximum absolute atomic E-state index is 8.90. The van der Waals surface area contributed by atoms with Crippen molar-refractivity contribution in [2.24, 2.45) is 0 Å². The predicted octanol–water partition coefficient (Wildman–Crippen LogP) is 2.61. The van der Waals surface area contributed by atoms with Crippen molar-refractivity contribution in [2.45, 2.75) is 18.8 Å².